The molecule has 1 N–H and O–H groups in total. The van der Waals surface area contributed by atoms with Crippen LogP contribution in [0.2, 0.25) is 5.02 Å². The zero-order valence-corrected chi connectivity index (χ0v) is 17.0. The number of piperazine rings is 1. The highest BCUT2D eigenvalue weighted by Crippen LogP contribution is 2.26. The van der Waals surface area contributed by atoms with Gasteiger partial charge in [-0.25, -0.2) is 4.98 Å². The average molecular weight is 467 g/mol. The summed E-state index contributed by atoms with van der Waals surface area (Å²) in [5.74, 6) is 0.890. The number of aromatic amines is 1. The monoisotopic (exact) mass is 466 g/mol. The minimum atomic E-state index is 0.773. The molecule has 1 aliphatic heterocycles. The number of rotatable bonds is 3. The van der Waals surface area contributed by atoms with E-state index in [1.807, 2.05) is 12.1 Å². The Morgan fingerprint density at radius 1 is 1.12 bits per heavy atom. The first-order valence-electron chi connectivity index (χ1n) is 8.43. The second-order valence-electron chi connectivity index (χ2n) is 6.65. The SMILES string of the molecule is CN1CCN(Cc2ccc3nc(-c4ccc(Cl)c(I)c4)[nH]c3c2)CC1. The molecule has 0 amide bonds. The van der Waals surface area contributed by atoms with Gasteiger partial charge in [0.05, 0.1) is 16.1 Å². The van der Waals surface area contributed by atoms with Crippen LogP contribution in [0.25, 0.3) is 22.4 Å². The van der Waals surface area contributed by atoms with Crippen molar-refractivity contribution in [2.45, 2.75) is 6.54 Å². The molecule has 0 aliphatic carbocycles. The molecule has 0 bridgehead atoms. The summed E-state index contributed by atoms with van der Waals surface area (Å²) in [6.45, 7) is 5.55. The van der Waals surface area contributed by atoms with Gasteiger partial charge in [-0.3, -0.25) is 4.90 Å². The van der Waals surface area contributed by atoms with Gasteiger partial charge in [-0.15, -0.1) is 0 Å². The number of nitrogens with zero attached hydrogens (tertiary/aromatic N) is 3. The van der Waals surface area contributed by atoms with E-state index in [-0.39, 0.29) is 0 Å². The first kappa shape index (κ1) is 17.3. The topological polar surface area (TPSA) is 35.2 Å². The maximum absolute atomic E-state index is 6.12. The van der Waals surface area contributed by atoms with Gasteiger partial charge in [0.15, 0.2) is 0 Å². The lowest BCUT2D eigenvalue weighted by atomic mass is 10.1. The van der Waals surface area contributed by atoms with E-state index in [1.54, 1.807) is 0 Å². The van der Waals surface area contributed by atoms with E-state index in [2.05, 4.69) is 68.7 Å². The van der Waals surface area contributed by atoms with Gasteiger partial charge in [-0.05, 0) is 65.5 Å². The number of halogens is 2. The number of aromatic nitrogens is 2. The van der Waals surface area contributed by atoms with Crippen LogP contribution >= 0.6 is 34.2 Å². The highest BCUT2D eigenvalue weighted by atomic mass is 127. The van der Waals surface area contributed by atoms with Crippen molar-refractivity contribution >= 4 is 45.2 Å². The molecule has 1 saturated heterocycles. The van der Waals surface area contributed by atoms with Gasteiger partial charge in [0.25, 0.3) is 0 Å². The number of benzene rings is 2. The zero-order chi connectivity index (χ0) is 17.4. The van der Waals surface area contributed by atoms with Crippen molar-refractivity contribution in [1.29, 1.82) is 0 Å². The highest BCUT2D eigenvalue weighted by Gasteiger charge is 2.14. The van der Waals surface area contributed by atoms with Gasteiger partial charge < -0.3 is 9.88 Å². The Hall–Kier alpha value is -1.15. The molecule has 1 aliphatic rings. The minimum absolute atomic E-state index is 0.773. The lowest BCUT2D eigenvalue weighted by Crippen LogP contribution is -2.43. The van der Waals surface area contributed by atoms with Crippen LogP contribution in [0.5, 0.6) is 0 Å². The average Bonchev–Trinajstić information content (AvgIpc) is 3.03. The number of imidazole rings is 1. The van der Waals surface area contributed by atoms with Crippen LogP contribution in [0.3, 0.4) is 0 Å². The number of hydrogen-bond donors (Lipinski definition) is 1. The predicted octanol–water partition coefficient (Wildman–Crippen LogP) is 4.24. The van der Waals surface area contributed by atoms with Gasteiger partial charge in [-0.1, -0.05) is 17.7 Å². The van der Waals surface area contributed by atoms with Gasteiger partial charge >= 0.3 is 0 Å². The fraction of sp³-hybridized carbons (Fsp3) is 0.316. The molecule has 0 radical (unpaired) electrons. The first-order valence-corrected chi connectivity index (χ1v) is 9.89. The maximum Gasteiger partial charge on any atom is 0.138 e. The standard InChI is InChI=1S/C19H20ClIN4/c1-24-6-8-25(9-7-24)12-13-2-5-17-18(10-13)23-19(22-17)14-3-4-15(20)16(21)11-14/h2-5,10-11H,6-9,12H2,1H3,(H,22,23). The molecule has 130 valence electrons. The molecule has 1 fully saturated rings. The number of fused-ring (bicyclic) bond motifs is 1. The lowest BCUT2D eigenvalue weighted by Gasteiger charge is -2.32. The van der Waals surface area contributed by atoms with Crippen LogP contribution < -0.4 is 0 Å². The van der Waals surface area contributed by atoms with Crippen molar-refractivity contribution < 1.29 is 0 Å². The minimum Gasteiger partial charge on any atom is -0.338 e. The lowest BCUT2D eigenvalue weighted by molar-refractivity contribution is 0.148. The predicted molar refractivity (Wildman–Crippen MR) is 112 cm³/mol. The second-order valence-corrected chi connectivity index (χ2v) is 8.21. The molecule has 3 aromatic rings. The Morgan fingerprint density at radius 3 is 2.68 bits per heavy atom. The molecule has 25 heavy (non-hydrogen) atoms. The third-order valence-corrected chi connectivity index (χ3v) is 6.28. The van der Waals surface area contributed by atoms with Crippen molar-refractivity contribution in [2.24, 2.45) is 0 Å². The Kier molecular flexibility index (Phi) is 4.99. The summed E-state index contributed by atoms with van der Waals surface area (Å²) < 4.78 is 1.04. The van der Waals surface area contributed by atoms with Crippen molar-refractivity contribution in [1.82, 2.24) is 19.8 Å². The molecular weight excluding hydrogens is 447 g/mol. The molecular formula is C19H20ClIN4. The number of H-pyrrole nitrogens is 1. The maximum atomic E-state index is 6.12. The molecule has 1 aromatic heterocycles. The van der Waals surface area contributed by atoms with E-state index in [4.69, 9.17) is 16.6 Å². The van der Waals surface area contributed by atoms with E-state index in [0.717, 1.165) is 63.7 Å². The van der Waals surface area contributed by atoms with Crippen molar-refractivity contribution in [3.8, 4) is 11.4 Å². The number of likely N-dealkylation sites (N-methyl/N-ethyl adjacent to an activating group) is 1. The summed E-state index contributed by atoms with van der Waals surface area (Å²) in [7, 11) is 2.19. The van der Waals surface area contributed by atoms with Crippen molar-refractivity contribution in [3.05, 3.63) is 50.6 Å². The van der Waals surface area contributed by atoms with E-state index < -0.39 is 0 Å². The summed E-state index contributed by atoms with van der Waals surface area (Å²) in [6.07, 6.45) is 0. The highest BCUT2D eigenvalue weighted by molar-refractivity contribution is 14.1. The van der Waals surface area contributed by atoms with Crippen LogP contribution in [0.4, 0.5) is 0 Å². The number of nitrogens with one attached hydrogen (secondary N) is 1. The smallest absolute Gasteiger partial charge is 0.138 e. The van der Waals surface area contributed by atoms with E-state index in [1.165, 1.54) is 5.56 Å². The van der Waals surface area contributed by atoms with Gasteiger partial charge in [0.2, 0.25) is 0 Å². The quantitative estimate of drug-likeness (QED) is 0.587. The molecule has 0 unspecified atom stereocenters. The van der Waals surface area contributed by atoms with Crippen LogP contribution in [0.1, 0.15) is 5.56 Å². The Morgan fingerprint density at radius 2 is 1.92 bits per heavy atom. The molecule has 6 heteroatoms. The molecule has 2 heterocycles. The van der Waals surface area contributed by atoms with Gasteiger partial charge in [0, 0.05) is 41.9 Å². The van der Waals surface area contributed by atoms with Crippen LogP contribution in [0.15, 0.2) is 36.4 Å². The fourth-order valence-electron chi connectivity index (χ4n) is 3.20. The summed E-state index contributed by atoms with van der Waals surface area (Å²) in [5, 5.41) is 0.773. The van der Waals surface area contributed by atoms with Crippen molar-refractivity contribution in [3.63, 3.8) is 0 Å². The Bertz CT molecular complexity index is 900. The van der Waals surface area contributed by atoms with E-state index in [9.17, 15) is 0 Å². The normalized spacial score (nSPS) is 16.6. The molecule has 2 aromatic carbocycles. The Labute approximate surface area is 166 Å². The summed E-state index contributed by atoms with van der Waals surface area (Å²) >= 11 is 8.37. The van der Waals surface area contributed by atoms with Gasteiger partial charge in [0.1, 0.15) is 5.82 Å². The van der Waals surface area contributed by atoms with Crippen LogP contribution in [-0.2, 0) is 6.54 Å². The summed E-state index contributed by atoms with van der Waals surface area (Å²) in [6, 6.07) is 12.5. The zero-order valence-electron chi connectivity index (χ0n) is 14.1. The third kappa shape index (κ3) is 3.84. The van der Waals surface area contributed by atoms with Crippen LogP contribution in [-0.4, -0.2) is 53.0 Å². The van der Waals surface area contributed by atoms with E-state index in [0.29, 0.717) is 0 Å². The van der Waals surface area contributed by atoms with E-state index >= 15 is 0 Å². The van der Waals surface area contributed by atoms with Gasteiger partial charge in [-0.2, -0.15) is 0 Å². The third-order valence-electron chi connectivity index (χ3n) is 4.74. The summed E-state index contributed by atoms with van der Waals surface area (Å²) in [5.41, 5.74) is 4.48. The molecule has 0 spiro atoms. The number of hydrogen-bond acceptors (Lipinski definition) is 3. The Balaban J connectivity index is 1.57. The van der Waals surface area contributed by atoms with Crippen LogP contribution in [0, 0.1) is 3.57 Å². The molecule has 4 rings (SSSR count). The molecule has 4 nitrogen and oxygen atoms in total. The molecule has 0 saturated carbocycles. The summed E-state index contributed by atoms with van der Waals surface area (Å²) in [4.78, 5) is 13.1. The van der Waals surface area contributed by atoms with Crippen molar-refractivity contribution in [2.75, 3.05) is 33.2 Å². The fourth-order valence-corrected chi connectivity index (χ4v) is 3.83. The molecule has 0 atom stereocenters. The second kappa shape index (κ2) is 7.23. The first-order chi connectivity index (χ1) is 12.1. The largest absolute Gasteiger partial charge is 0.338 e.